The van der Waals surface area contributed by atoms with Crippen molar-refractivity contribution in [2.75, 3.05) is 26.7 Å². The monoisotopic (exact) mass is 201 g/mol. The highest BCUT2D eigenvalue weighted by Gasteiger charge is 2.29. The van der Waals surface area contributed by atoms with E-state index >= 15 is 0 Å². The van der Waals surface area contributed by atoms with E-state index in [2.05, 4.69) is 17.1 Å². The van der Waals surface area contributed by atoms with E-state index in [1.165, 1.54) is 0 Å². The van der Waals surface area contributed by atoms with Gasteiger partial charge >= 0.3 is 0 Å². The Balaban J connectivity index is 4.16. The number of nitrogens with two attached hydrogens (primary N) is 1. The number of primary amides is 1. The molecule has 0 aliphatic carbocycles. The van der Waals surface area contributed by atoms with E-state index in [0.717, 1.165) is 26.1 Å². The molecule has 0 aromatic heterocycles. The standard InChI is InChI=1S/C10H23N3O/c1-5-12-10(3,9(11)14)7-8-13(4)6-2/h12H,5-8H2,1-4H3,(H2,11,14). The molecular formula is C10H23N3O. The molecule has 0 spiro atoms. The van der Waals surface area contributed by atoms with Gasteiger partial charge < -0.3 is 16.0 Å². The van der Waals surface area contributed by atoms with Gasteiger partial charge in [-0.3, -0.25) is 4.79 Å². The average molecular weight is 201 g/mol. The molecule has 0 heterocycles. The van der Waals surface area contributed by atoms with Crippen LogP contribution in [0.1, 0.15) is 27.2 Å². The number of likely N-dealkylation sites (N-methyl/N-ethyl adjacent to an activating group) is 1. The third-order valence-electron chi connectivity index (χ3n) is 2.64. The van der Waals surface area contributed by atoms with E-state index in [-0.39, 0.29) is 5.91 Å². The predicted molar refractivity (Wildman–Crippen MR) is 59.1 cm³/mol. The normalized spacial score (nSPS) is 15.5. The van der Waals surface area contributed by atoms with Crippen LogP contribution in [-0.2, 0) is 4.79 Å². The van der Waals surface area contributed by atoms with Crippen molar-refractivity contribution in [1.82, 2.24) is 10.2 Å². The number of hydrogen-bond donors (Lipinski definition) is 2. The van der Waals surface area contributed by atoms with Crippen LogP contribution in [-0.4, -0.2) is 43.0 Å². The number of carbonyl (C=O) groups excluding carboxylic acids is 1. The summed E-state index contributed by atoms with van der Waals surface area (Å²) in [5.74, 6) is -0.274. The Labute approximate surface area is 86.8 Å². The Bertz CT molecular complexity index is 184. The molecule has 0 radical (unpaired) electrons. The summed E-state index contributed by atoms with van der Waals surface area (Å²) in [4.78, 5) is 13.4. The Morgan fingerprint density at radius 3 is 2.43 bits per heavy atom. The molecule has 0 fully saturated rings. The van der Waals surface area contributed by atoms with Crippen LogP contribution in [0.5, 0.6) is 0 Å². The highest BCUT2D eigenvalue weighted by Crippen LogP contribution is 2.09. The van der Waals surface area contributed by atoms with E-state index in [0.29, 0.717) is 0 Å². The number of nitrogens with one attached hydrogen (secondary N) is 1. The van der Waals surface area contributed by atoms with Gasteiger partial charge in [-0.2, -0.15) is 0 Å². The molecule has 0 aliphatic heterocycles. The summed E-state index contributed by atoms with van der Waals surface area (Å²) in [6.07, 6.45) is 0.751. The van der Waals surface area contributed by atoms with Crippen molar-refractivity contribution in [2.24, 2.45) is 5.73 Å². The smallest absolute Gasteiger partial charge is 0.237 e. The first-order valence-corrected chi connectivity index (χ1v) is 5.19. The fourth-order valence-corrected chi connectivity index (χ4v) is 1.26. The fourth-order valence-electron chi connectivity index (χ4n) is 1.26. The number of nitrogens with zero attached hydrogens (tertiary/aromatic N) is 1. The van der Waals surface area contributed by atoms with Gasteiger partial charge in [0.05, 0.1) is 5.54 Å². The summed E-state index contributed by atoms with van der Waals surface area (Å²) < 4.78 is 0. The Morgan fingerprint density at radius 1 is 1.50 bits per heavy atom. The largest absolute Gasteiger partial charge is 0.368 e. The molecule has 0 aromatic carbocycles. The molecule has 3 N–H and O–H groups in total. The van der Waals surface area contributed by atoms with Crippen molar-refractivity contribution in [1.29, 1.82) is 0 Å². The summed E-state index contributed by atoms with van der Waals surface area (Å²) in [7, 11) is 2.04. The van der Waals surface area contributed by atoms with E-state index in [4.69, 9.17) is 5.73 Å². The van der Waals surface area contributed by atoms with Crippen LogP contribution < -0.4 is 11.1 Å². The third-order valence-corrected chi connectivity index (χ3v) is 2.64. The molecule has 1 atom stereocenters. The van der Waals surface area contributed by atoms with E-state index in [1.54, 1.807) is 0 Å². The number of amides is 1. The SMILES string of the molecule is CCNC(C)(CCN(C)CC)C(N)=O. The second-order valence-corrected chi connectivity index (χ2v) is 3.87. The first-order chi connectivity index (χ1) is 6.46. The highest BCUT2D eigenvalue weighted by atomic mass is 16.1. The van der Waals surface area contributed by atoms with Gasteiger partial charge in [-0.05, 0) is 33.5 Å². The van der Waals surface area contributed by atoms with Crippen LogP contribution in [0.4, 0.5) is 0 Å². The van der Waals surface area contributed by atoms with Gasteiger partial charge in [0.2, 0.25) is 5.91 Å². The topological polar surface area (TPSA) is 58.4 Å². The fraction of sp³-hybridized carbons (Fsp3) is 0.900. The molecule has 0 bridgehead atoms. The van der Waals surface area contributed by atoms with Gasteiger partial charge in [0.25, 0.3) is 0 Å². The van der Waals surface area contributed by atoms with Gasteiger partial charge in [0.1, 0.15) is 0 Å². The number of hydrogen-bond acceptors (Lipinski definition) is 3. The number of carbonyl (C=O) groups is 1. The van der Waals surface area contributed by atoms with Crippen LogP contribution in [0.3, 0.4) is 0 Å². The Kier molecular flexibility index (Phi) is 5.72. The summed E-state index contributed by atoms with van der Waals surface area (Å²) >= 11 is 0. The molecule has 0 saturated carbocycles. The van der Waals surface area contributed by atoms with E-state index in [1.807, 2.05) is 20.9 Å². The summed E-state index contributed by atoms with van der Waals surface area (Å²) in [6, 6.07) is 0. The number of rotatable bonds is 7. The van der Waals surface area contributed by atoms with Crippen molar-refractivity contribution in [3.63, 3.8) is 0 Å². The quantitative estimate of drug-likeness (QED) is 0.618. The minimum absolute atomic E-state index is 0.274. The first kappa shape index (κ1) is 13.4. The van der Waals surface area contributed by atoms with Gasteiger partial charge in [-0.25, -0.2) is 0 Å². The predicted octanol–water partition coefficient (Wildman–Crippen LogP) is 0.182. The van der Waals surface area contributed by atoms with Crippen LogP contribution in [0.15, 0.2) is 0 Å². The van der Waals surface area contributed by atoms with Gasteiger partial charge in [0.15, 0.2) is 0 Å². The lowest BCUT2D eigenvalue weighted by Gasteiger charge is -2.28. The maximum absolute atomic E-state index is 11.3. The molecular weight excluding hydrogens is 178 g/mol. The molecule has 0 rings (SSSR count). The Morgan fingerprint density at radius 2 is 2.07 bits per heavy atom. The second-order valence-electron chi connectivity index (χ2n) is 3.87. The second kappa shape index (κ2) is 5.98. The van der Waals surface area contributed by atoms with Crippen LogP contribution in [0.25, 0.3) is 0 Å². The molecule has 14 heavy (non-hydrogen) atoms. The first-order valence-electron chi connectivity index (χ1n) is 5.19. The van der Waals surface area contributed by atoms with Crippen LogP contribution in [0, 0.1) is 0 Å². The zero-order valence-corrected chi connectivity index (χ0v) is 9.76. The average Bonchev–Trinajstić information content (AvgIpc) is 2.14. The maximum atomic E-state index is 11.3. The molecule has 4 nitrogen and oxygen atoms in total. The maximum Gasteiger partial charge on any atom is 0.237 e. The van der Waals surface area contributed by atoms with E-state index < -0.39 is 5.54 Å². The minimum atomic E-state index is -0.571. The molecule has 0 aliphatic rings. The lowest BCUT2D eigenvalue weighted by atomic mass is 9.96. The van der Waals surface area contributed by atoms with Crippen LogP contribution in [0.2, 0.25) is 0 Å². The molecule has 1 unspecified atom stereocenters. The van der Waals surface area contributed by atoms with Crippen molar-refractivity contribution in [2.45, 2.75) is 32.7 Å². The van der Waals surface area contributed by atoms with Crippen LogP contribution >= 0.6 is 0 Å². The molecule has 0 saturated heterocycles. The zero-order chi connectivity index (χ0) is 11.2. The highest BCUT2D eigenvalue weighted by molar-refractivity contribution is 5.84. The third kappa shape index (κ3) is 4.07. The van der Waals surface area contributed by atoms with Gasteiger partial charge in [-0.1, -0.05) is 13.8 Å². The lowest BCUT2D eigenvalue weighted by Crippen LogP contribution is -2.54. The minimum Gasteiger partial charge on any atom is -0.368 e. The van der Waals surface area contributed by atoms with Gasteiger partial charge in [-0.15, -0.1) is 0 Å². The summed E-state index contributed by atoms with van der Waals surface area (Å²) in [5, 5.41) is 3.14. The molecule has 1 amide bonds. The van der Waals surface area contributed by atoms with Crippen molar-refractivity contribution >= 4 is 5.91 Å². The Hall–Kier alpha value is -0.610. The molecule has 4 heteroatoms. The summed E-state index contributed by atoms with van der Waals surface area (Å²) in [6.45, 7) is 8.56. The lowest BCUT2D eigenvalue weighted by molar-refractivity contribution is -0.124. The zero-order valence-electron chi connectivity index (χ0n) is 9.76. The van der Waals surface area contributed by atoms with Crippen molar-refractivity contribution in [3.05, 3.63) is 0 Å². The van der Waals surface area contributed by atoms with Gasteiger partial charge in [0, 0.05) is 6.54 Å². The molecule has 0 aromatic rings. The summed E-state index contributed by atoms with van der Waals surface area (Å²) in [5.41, 5.74) is 4.79. The van der Waals surface area contributed by atoms with Crippen molar-refractivity contribution < 1.29 is 4.79 Å². The molecule has 84 valence electrons. The van der Waals surface area contributed by atoms with E-state index in [9.17, 15) is 4.79 Å². The van der Waals surface area contributed by atoms with Crippen molar-refractivity contribution in [3.8, 4) is 0 Å².